The Labute approximate surface area is 224 Å². The van der Waals surface area contributed by atoms with Crippen LogP contribution < -0.4 is 15.0 Å². The zero-order chi connectivity index (χ0) is 27.4. The standard InChI is InChI=1S/C29H33N3O5S/c1-20-16-21(2)28(22(3)17-20)38(35,36)31(4)19-27(33)32-18-26(37-25-13-9-8-12-24(25)32)29(34)30-15-14-23-10-6-5-7-11-23/h5-13,16-17,26H,14-15,18-19H2,1-4H3,(H,30,34)/t26-/m1/s1. The van der Waals surface area contributed by atoms with Crippen molar-refractivity contribution in [3.05, 3.63) is 89.0 Å². The number of para-hydroxylation sites is 2. The molecule has 1 aliphatic rings. The van der Waals surface area contributed by atoms with Crippen molar-refractivity contribution in [1.29, 1.82) is 0 Å². The number of aryl methyl sites for hydroxylation is 3. The number of ether oxygens (including phenoxy) is 1. The molecular formula is C29H33N3O5S. The van der Waals surface area contributed by atoms with Gasteiger partial charge in [-0.25, -0.2) is 8.42 Å². The van der Waals surface area contributed by atoms with E-state index in [4.69, 9.17) is 4.74 Å². The Kier molecular flexibility index (Phi) is 8.18. The molecule has 38 heavy (non-hydrogen) atoms. The third-order valence-corrected chi connectivity index (χ3v) is 8.66. The molecule has 9 heteroatoms. The fourth-order valence-electron chi connectivity index (χ4n) is 4.79. The molecule has 0 radical (unpaired) electrons. The summed E-state index contributed by atoms with van der Waals surface area (Å²) < 4.78 is 33.8. The predicted octanol–water partition coefficient (Wildman–Crippen LogP) is 3.39. The minimum atomic E-state index is -3.92. The molecule has 0 bridgehead atoms. The molecule has 0 fully saturated rings. The van der Waals surface area contributed by atoms with Gasteiger partial charge in [-0.1, -0.05) is 60.2 Å². The van der Waals surface area contributed by atoms with Crippen molar-refractivity contribution in [1.82, 2.24) is 9.62 Å². The average molecular weight is 536 g/mol. The quantitative estimate of drug-likeness (QED) is 0.477. The first-order chi connectivity index (χ1) is 18.1. The molecule has 1 aliphatic heterocycles. The van der Waals surface area contributed by atoms with Crippen molar-refractivity contribution in [2.75, 3.05) is 31.6 Å². The number of hydrogen-bond donors (Lipinski definition) is 1. The third-order valence-electron chi connectivity index (χ3n) is 6.55. The summed E-state index contributed by atoms with van der Waals surface area (Å²) in [6.07, 6.45) is -0.257. The lowest BCUT2D eigenvalue weighted by Gasteiger charge is -2.35. The van der Waals surface area contributed by atoms with Crippen molar-refractivity contribution >= 4 is 27.5 Å². The molecule has 2 amide bonds. The summed E-state index contributed by atoms with van der Waals surface area (Å²) in [6.45, 7) is 5.43. The summed E-state index contributed by atoms with van der Waals surface area (Å²) >= 11 is 0. The topological polar surface area (TPSA) is 96.0 Å². The van der Waals surface area contributed by atoms with Crippen LogP contribution in [0.25, 0.3) is 0 Å². The first-order valence-electron chi connectivity index (χ1n) is 12.5. The maximum atomic E-state index is 13.5. The van der Waals surface area contributed by atoms with Crippen molar-refractivity contribution in [2.24, 2.45) is 0 Å². The van der Waals surface area contributed by atoms with E-state index in [0.29, 0.717) is 35.5 Å². The number of rotatable bonds is 8. The van der Waals surface area contributed by atoms with Crippen LogP contribution in [0, 0.1) is 20.8 Å². The number of sulfonamides is 1. The maximum Gasteiger partial charge on any atom is 0.262 e. The van der Waals surface area contributed by atoms with E-state index in [1.54, 1.807) is 38.1 Å². The van der Waals surface area contributed by atoms with E-state index < -0.39 is 22.0 Å². The molecule has 0 aliphatic carbocycles. The first-order valence-corrected chi connectivity index (χ1v) is 13.9. The van der Waals surface area contributed by atoms with Crippen LogP contribution in [0.5, 0.6) is 5.75 Å². The Hall–Kier alpha value is -3.69. The van der Waals surface area contributed by atoms with E-state index in [2.05, 4.69) is 5.32 Å². The van der Waals surface area contributed by atoms with Crippen LogP contribution in [0.15, 0.2) is 71.6 Å². The van der Waals surface area contributed by atoms with Crippen LogP contribution in [-0.4, -0.2) is 57.3 Å². The SMILES string of the molecule is Cc1cc(C)c(S(=O)(=O)N(C)CC(=O)N2C[C@H](C(=O)NCCc3ccccc3)Oc3ccccc32)c(C)c1. The molecule has 1 heterocycles. The number of amides is 2. The molecule has 200 valence electrons. The molecule has 0 spiro atoms. The highest BCUT2D eigenvalue weighted by molar-refractivity contribution is 7.89. The Morgan fingerprint density at radius 3 is 2.32 bits per heavy atom. The number of benzene rings is 3. The number of hydrogen-bond acceptors (Lipinski definition) is 5. The van der Waals surface area contributed by atoms with Gasteiger partial charge in [-0.05, 0) is 56.0 Å². The van der Waals surface area contributed by atoms with Crippen LogP contribution >= 0.6 is 0 Å². The summed E-state index contributed by atoms with van der Waals surface area (Å²) in [5.74, 6) is -0.387. The van der Waals surface area contributed by atoms with Crippen LogP contribution in [0.1, 0.15) is 22.3 Å². The average Bonchev–Trinajstić information content (AvgIpc) is 2.87. The number of carbonyl (C=O) groups excluding carboxylic acids is 2. The van der Waals surface area contributed by atoms with Crippen LogP contribution in [0.3, 0.4) is 0 Å². The largest absolute Gasteiger partial charge is 0.477 e. The van der Waals surface area contributed by atoms with E-state index in [1.165, 1.54) is 11.9 Å². The molecule has 1 N–H and O–H groups in total. The Balaban J connectivity index is 1.49. The highest BCUT2D eigenvalue weighted by atomic mass is 32.2. The van der Waals surface area contributed by atoms with Gasteiger partial charge in [-0.2, -0.15) is 4.31 Å². The van der Waals surface area contributed by atoms with E-state index in [-0.39, 0.29) is 23.9 Å². The Bertz CT molecular complexity index is 1420. The summed E-state index contributed by atoms with van der Waals surface area (Å²) in [6, 6.07) is 20.4. The minimum absolute atomic E-state index is 0.0243. The van der Waals surface area contributed by atoms with Crippen molar-refractivity contribution in [3.8, 4) is 5.75 Å². The molecule has 0 saturated carbocycles. The second-order valence-corrected chi connectivity index (χ2v) is 11.6. The first kappa shape index (κ1) is 27.3. The Morgan fingerprint density at radius 2 is 1.63 bits per heavy atom. The number of likely N-dealkylation sites (N-methyl/N-ethyl adjacent to an activating group) is 1. The van der Waals surface area contributed by atoms with Gasteiger partial charge < -0.3 is 15.0 Å². The van der Waals surface area contributed by atoms with Crippen molar-refractivity contribution < 1.29 is 22.7 Å². The summed E-state index contributed by atoms with van der Waals surface area (Å²) in [4.78, 5) is 28.1. The van der Waals surface area contributed by atoms with Crippen LogP contribution in [-0.2, 0) is 26.0 Å². The van der Waals surface area contributed by atoms with E-state index in [1.807, 2.05) is 49.4 Å². The van der Waals surface area contributed by atoms with Gasteiger partial charge in [0.1, 0.15) is 5.75 Å². The van der Waals surface area contributed by atoms with Crippen molar-refractivity contribution in [3.63, 3.8) is 0 Å². The zero-order valence-electron chi connectivity index (χ0n) is 22.1. The summed E-state index contributed by atoms with van der Waals surface area (Å²) in [5.41, 5.74) is 3.83. The third kappa shape index (κ3) is 5.89. The maximum absolute atomic E-state index is 13.5. The normalized spacial score (nSPS) is 15.1. The number of fused-ring (bicyclic) bond motifs is 1. The highest BCUT2D eigenvalue weighted by Crippen LogP contribution is 2.33. The molecule has 8 nitrogen and oxygen atoms in total. The van der Waals surface area contributed by atoms with Gasteiger partial charge in [0.25, 0.3) is 5.91 Å². The molecule has 0 saturated heterocycles. The monoisotopic (exact) mass is 535 g/mol. The molecule has 4 rings (SSSR count). The van der Waals surface area contributed by atoms with E-state index in [0.717, 1.165) is 15.4 Å². The van der Waals surface area contributed by atoms with Gasteiger partial charge in [-0.3, -0.25) is 9.59 Å². The van der Waals surface area contributed by atoms with Gasteiger partial charge in [0.2, 0.25) is 15.9 Å². The fraction of sp³-hybridized carbons (Fsp3) is 0.310. The molecule has 0 unspecified atom stereocenters. The molecule has 0 aromatic heterocycles. The zero-order valence-corrected chi connectivity index (χ0v) is 22.9. The summed E-state index contributed by atoms with van der Waals surface area (Å²) in [5, 5.41) is 2.89. The molecular weight excluding hydrogens is 502 g/mol. The Morgan fingerprint density at radius 1 is 1.00 bits per heavy atom. The fourth-order valence-corrected chi connectivity index (χ4v) is 6.31. The van der Waals surface area contributed by atoms with Gasteiger partial charge in [0.15, 0.2) is 6.10 Å². The second-order valence-electron chi connectivity index (χ2n) is 9.59. The van der Waals surface area contributed by atoms with E-state index in [9.17, 15) is 18.0 Å². The van der Waals surface area contributed by atoms with E-state index >= 15 is 0 Å². The smallest absolute Gasteiger partial charge is 0.262 e. The lowest BCUT2D eigenvalue weighted by molar-refractivity contribution is -0.128. The van der Waals surface area contributed by atoms with Gasteiger partial charge in [0.05, 0.1) is 23.7 Å². The molecule has 3 aromatic carbocycles. The number of anilines is 1. The molecule has 3 aromatic rings. The number of nitrogens with one attached hydrogen (secondary N) is 1. The highest BCUT2D eigenvalue weighted by Gasteiger charge is 2.35. The number of carbonyl (C=O) groups is 2. The lowest BCUT2D eigenvalue weighted by Crippen LogP contribution is -2.53. The van der Waals surface area contributed by atoms with Crippen molar-refractivity contribution in [2.45, 2.75) is 38.2 Å². The lowest BCUT2D eigenvalue weighted by atomic mass is 10.1. The summed E-state index contributed by atoms with van der Waals surface area (Å²) in [7, 11) is -2.53. The van der Waals surface area contributed by atoms with Crippen LogP contribution in [0.2, 0.25) is 0 Å². The predicted molar refractivity (Wildman–Crippen MR) is 147 cm³/mol. The molecule has 1 atom stereocenters. The second kappa shape index (κ2) is 11.4. The minimum Gasteiger partial charge on any atom is -0.477 e. The number of nitrogens with zero attached hydrogens (tertiary/aromatic N) is 2. The van der Waals surface area contributed by atoms with Crippen LogP contribution in [0.4, 0.5) is 5.69 Å². The van der Waals surface area contributed by atoms with Gasteiger partial charge in [0, 0.05) is 13.6 Å². The van der Waals surface area contributed by atoms with Gasteiger partial charge >= 0.3 is 0 Å². The van der Waals surface area contributed by atoms with Gasteiger partial charge in [-0.15, -0.1) is 0 Å².